The molecule has 1 aliphatic rings. The molecule has 2 aromatic rings. The molecule has 0 spiro atoms. The maximum Gasteiger partial charge on any atom is 0.257 e. The standard InChI is InChI=1S/C23H29N3O2/c1-3-17-10-8-9-16(2)21(17)26-23(28)19-13-18(14-24-15-19)22(27)25-20-11-6-4-5-7-12-20/h8-10,13-15,20H,3-7,11-12H2,1-2H3,(H,25,27)(H,26,28). The summed E-state index contributed by atoms with van der Waals surface area (Å²) in [5, 5.41) is 6.10. The van der Waals surface area contributed by atoms with Gasteiger partial charge in [-0.1, -0.05) is 50.8 Å². The zero-order valence-electron chi connectivity index (χ0n) is 16.8. The van der Waals surface area contributed by atoms with Crippen LogP contribution in [0.4, 0.5) is 5.69 Å². The minimum Gasteiger partial charge on any atom is -0.349 e. The number of hydrogen-bond donors (Lipinski definition) is 2. The Labute approximate surface area is 167 Å². The molecule has 148 valence electrons. The Morgan fingerprint density at radius 2 is 1.71 bits per heavy atom. The third-order valence-electron chi connectivity index (χ3n) is 5.43. The lowest BCUT2D eigenvalue weighted by Gasteiger charge is -2.16. The summed E-state index contributed by atoms with van der Waals surface area (Å²) in [5.41, 5.74) is 3.76. The van der Waals surface area contributed by atoms with Crippen LogP contribution in [0.3, 0.4) is 0 Å². The summed E-state index contributed by atoms with van der Waals surface area (Å²) in [6.07, 6.45) is 10.7. The van der Waals surface area contributed by atoms with Crippen molar-refractivity contribution in [2.45, 2.75) is 64.8 Å². The van der Waals surface area contributed by atoms with Gasteiger partial charge in [0, 0.05) is 24.1 Å². The third kappa shape index (κ3) is 4.97. The lowest BCUT2D eigenvalue weighted by atomic mass is 10.1. The highest BCUT2D eigenvalue weighted by Crippen LogP contribution is 2.22. The number of anilines is 1. The fraction of sp³-hybridized carbons (Fsp3) is 0.435. The van der Waals surface area contributed by atoms with Crippen LogP contribution in [0.25, 0.3) is 0 Å². The van der Waals surface area contributed by atoms with Gasteiger partial charge in [0.1, 0.15) is 0 Å². The Morgan fingerprint density at radius 1 is 1.04 bits per heavy atom. The Balaban J connectivity index is 1.72. The zero-order chi connectivity index (χ0) is 19.9. The van der Waals surface area contributed by atoms with Gasteiger partial charge in [0.15, 0.2) is 0 Å². The molecule has 0 atom stereocenters. The third-order valence-corrected chi connectivity index (χ3v) is 5.43. The molecule has 0 unspecified atom stereocenters. The number of benzene rings is 1. The second-order valence-corrected chi connectivity index (χ2v) is 7.54. The van der Waals surface area contributed by atoms with E-state index in [0.29, 0.717) is 11.1 Å². The van der Waals surface area contributed by atoms with Crippen LogP contribution in [-0.4, -0.2) is 22.8 Å². The number of para-hydroxylation sites is 1. The van der Waals surface area contributed by atoms with Gasteiger partial charge < -0.3 is 10.6 Å². The van der Waals surface area contributed by atoms with Crippen molar-refractivity contribution < 1.29 is 9.59 Å². The van der Waals surface area contributed by atoms with Crippen LogP contribution < -0.4 is 10.6 Å². The second-order valence-electron chi connectivity index (χ2n) is 7.54. The molecule has 3 rings (SSSR count). The smallest absolute Gasteiger partial charge is 0.257 e. The van der Waals surface area contributed by atoms with Crippen LogP contribution in [0, 0.1) is 6.92 Å². The molecule has 0 aliphatic heterocycles. The van der Waals surface area contributed by atoms with Crippen LogP contribution in [0.1, 0.15) is 77.3 Å². The number of nitrogens with one attached hydrogen (secondary N) is 2. The van der Waals surface area contributed by atoms with Crippen molar-refractivity contribution in [2.75, 3.05) is 5.32 Å². The predicted octanol–water partition coefficient (Wildman–Crippen LogP) is 4.66. The van der Waals surface area contributed by atoms with Crippen molar-refractivity contribution in [1.29, 1.82) is 0 Å². The molecule has 28 heavy (non-hydrogen) atoms. The predicted molar refractivity (Wildman–Crippen MR) is 112 cm³/mol. The maximum absolute atomic E-state index is 12.8. The molecule has 1 aromatic carbocycles. The number of aryl methyl sites for hydroxylation is 2. The first-order chi connectivity index (χ1) is 13.6. The summed E-state index contributed by atoms with van der Waals surface area (Å²) in [6, 6.07) is 7.81. The van der Waals surface area contributed by atoms with E-state index in [-0.39, 0.29) is 17.9 Å². The molecule has 5 nitrogen and oxygen atoms in total. The van der Waals surface area contributed by atoms with Crippen molar-refractivity contribution in [2.24, 2.45) is 0 Å². The minimum atomic E-state index is -0.249. The van der Waals surface area contributed by atoms with Crippen molar-refractivity contribution >= 4 is 17.5 Å². The second kappa shape index (κ2) is 9.49. The molecule has 1 heterocycles. The van der Waals surface area contributed by atoms with E-state index in [4.69, 9.17) is 0 Å². The van der Waals surface area contributed by atoms with Crippen LogP contribution in [-0.2, 0) is 6.42 Å². The fourth-order valence-electron chi connectivity index (χ4n) is 3.77. The number of carbonyl (C=O) groups is 2. The van der Waals surface area contributed by atoms with E-state index >= 15 is 0 Å². The molecule has 0 saturated heterocycles. The molecule has 1 aromatic heterocycles. The van der Waals surface area contributed by atoms with Gasteiger partial charge in [-0.25, -0.2) is 0 Å². The Kier molecular flexibility index (Phi) is 6.80. The van der Waals surface area contributed by atoms with Crippen molar-refractivity contribution in [3.63, 3.8) is 0 Å². The van der Waals surface area contributed by atoms with E-state index in [2.05, 4.69) is 22.5 Å². The quantitative estimate of drug-likeness (QED) is 0.743. The van der Waals surface area contributed by atoms with Gasteiger partial charge in [-0.3, -0.25) is 14.6 Å². The van der Waals surface area contributed by atoms with E-state index in [1.807, 2.05) is 25.1 Å². The topological polar surface area (TPSA) is 71.1 Å². The highest BCUT2D eigenvalue weighted by Gasteiger charge is 2.18. The molecule has 5 heteroatoms. The first kappa shape index (κ1) is 20.1. The van der Waals surface area contributed by atoms with Crippen LogP contribution in [0.15, 0.2) is 36.7 Å². The van der Waals surface area contributed by atoms with Gasteiger partial charge in [0.05, 0.1) is 11.1 Å². The highest BCUT2D eigenvalue weighted by molar-refractivity contribution is 6.06. The molecule has 0 radical (unpaired) electrons. The summed E-state index contributed by atoms with van der Waals surface area (Å²) in [5.74, 6) is -0.403. The lowest BCUT2D eigenvalue weighted by Crippen LogP contribution is -2.34. The van der Waals surface area contributed by atoms with Crippen LogP contribution >= 0.6 is 0 Å². The van der Waals surface area contributed by atoms with Crippen molar-refractivity contribution in [3.8, 4) is 0 Å². The first-order valence-corrected chi connectivity index (χ1v) is 10.2. The monoisotopic (exact) mass is 379 g/mol. The van der Waals surface area contributed by atoms with Crippen LogP contribution in [0.2, 0.25) is 0 Å². The van der Waals surface area contributed by atoms with Gasteiger partial charge in [-0.15, -0.1) is 0 Å². The first-order valence-electron chi connectivity index (χ1n) is 10.2. The Bertz CT molecular complexity index is 839. The molecule has 2 amide bonds. The van der Waals surface area contributed by atoms with Gasteiger partial charge in [0.25, 0.3) is 11.8 Å². The van der Waals surface area contributed by atoms with E-state index in [0.717, 1.165) is 48.9 Å². The molecule has 0 bridgehead atoms. The zero-order valence-corrected chi connectivity index (χ0v) is 16.8. The van der Waals surface area contributed by atoms with Crippen molar-refractivity contribution in [3.05, 3.63) is 58.9 Å². The summed E-state index contributed by atoms with van der Waals surface area (Å²) < 4.78 is 0. The van der Waals surface area contributed by atoms with Crippen molar-refractivity contribution in [1.82, 2.24) is 10.3 Å². The summed E-state index contributed by atoms with van der Waals surface area (Å²) in [6.45, 7) is 4.04. The SMILES string of the molecule is CCc1cccc(C)c1NC(=O)c1cncc(C(=O)NC2CCCCCC2)c1. The maximum atomic E-state index is 12.8. The number of hydrogen-bond acceptors (Lipinski definition) is 3. The summed E-state index contributed by atoms with van der Waals surface area (Å²) in [4.78, 5) is 29.5. The number of nitrogens with zero attached hydrogens (tertiary/aromatic N) is 1. The number of pyridine rings is 1. The molecule has 2 N–H and O–H groups in total. The molecule has 1 aliphatic carbocycles. The van der Waals surface area contributed by atoms with E-state index < -0.39 is 0 Å². The Hall–Kier alpha value is -2.69. The Morgan fingerprint density at radius 3 is 2.39 bits per heavy atom. The molecular formula is C23H29N3O2. The summed E-state index contributed by atoms with van der Waals surface area (Å²) >= 11 is 0. The molecule has 1 fully saturated rings. The normalized spacial score (nSPS) is 14.9. The van der Waals surface area contributed by atoms with E-state index in [1.54, 1.807) is 6.07 Å². The highest BCUT2D eigenvalue weighted by atomic mass is 16.2. The average molecular weight is 380 g/mol. The van der Waals surface area contributed by atoms with Gasteiger partial charge >= 0.3 is 0 Å². The number of carbonyl (C=O) groups excluding carboxylic acids is 2. The largest absolute Gasteiger partial charge is 0.349 e. The number of rotatable bonds is 5. The average Bonchev–Trinajstić information content (AvgIpc) is 2.98. The fourth-order valence-corrected chi connectivity index (χ4v) is 3.77. The van der Waals surface area contributed by atoms with E-state index in [9.17, 15) is 9.59 Å². The number of amides is 2. The van der Waals surface area contributed by atoms with Crippen LogP contribution in [0.5, 0.6) is 0 Å². The number of aromatic nitrogens is 1. The van der Waals surface area contributed by atoms with E-state index in [1.165, 1.54) is 25.2 Å². The van der Waals surface area contributed by atoms with Gasteiger partial charge in [-0.2, -0.15) is 0 Å². The van der Waals surface area contributed by atoms with Gasteiger partial charge in [-0.05, 0) is 43.4 Å². The van der Waals surface area contributed by atoms with Gasteiger partial charge in [0.2, 0.25) is 0 Å². The minimum absolute atomic E-state index is 0.154. The summed E-state index contributed by atoms with van der Waals surface area (Å²) in [7, 11) is 0. The lowest BCUT2D eigenvalue weighted by molar-refractivity contribution is 0.0933. The molecular weight excluding hydrogens is 350 g/mol. The molecule has 1 saturated carbocycles.